The number of imidazole rings is 1. The number of nitrogens with zero attached hydrogens (tertiary/aromatic N) is 2. The molecule has 6 heteroatoms. The molecule has 0 saturated heterocycles. The van der Waals surface area contributed by atoms with E-state index in [9.17, 15) is 4.79 Å². The van der Waals surface area contributed by atoms with Crippen molar-refractivity contribution in [2.45, 2.75) is 13.8 Å². The van der Waals surface area contributed by atoms with Crippen molar-refractivity contribution in [3.8, 4) is 0 Å². The van der Waals surface area contributed by atoms with Gasteiger partial charge in [-0.2, -0.15) is 0 Å². The lowest BCUT2D eigenvalue weighted by Gasteiger charge is -2.08. The van der Waals surface area contributed by atoms with E-state index in [0.717, 1.165) is 16.9 Å². The minimum Gasteiger partial charge on any atom is -0.456 e. The normalized spacial score (nSPS) is 10.8. The SMILES string of the molecule is Cc1ccn2c(C(=N)COC(=O)c3ccc(Cl)cc3)c(C)nc2c1. The Kier molecular flexibility index (Phi) is 4.36. The maximum atomic E-state index is 12.0. The van der Waals surface area contributed by atoms with Crippen molar-refractivity contribution in [2.24, 2.45) is 0 Å². The number of ether oxygens (including phenoxy) is 1. The van der Waals surface area contributed by atoms with Crippen molar-refractivity contribution >= 4 is 28.9 Å². The quantitative estimate of drug-likeness (QED) is 0.579. The van der Waals surface area contributed by atoms with E-state index in [1.54, 1.807) is 24.3 Å². The maximum Gasteiger partial charge on any atom is 0.338 e. The fraction of sp³-hybridized carbons (Fsp3) is 0.167. The van der Waals surface area contributed by atoms with Crippen LogP contribution in [0.2, 0.25) is 5.02 Å². The van der Waals surface area contributed by atoms with Crippen molar-refractivity contribution in [3.05, 3.63) is 70.1 Å². The summed E-state index contributed by atoms with van der Waals surface area (Å²) < 4.78 is 7.07. The second kappa shape index (κ2) is 6.45. The molecule has 2 aromatic heterocycles. The average molecular weight is 342 g/mol. The number of carbonyl (C=O) groups is 1. The van der Waals surface area contributed by atoms with Crippen molar-refractivity contribution in [3.63, 3.8) is 0 Å². The molecule has 5 nitrogen and oxygen atoms in total. The number of halogens is 1. The highest BCUT2D eigenvalue weighted by atomic mass is 35.5. The van der Waals surface area contributed by atoms with E-state index in [4.69, 9.17) is 21.7 Å². The van der Waals surface area contributed by atoms with Gasteiger partial charge in [-0.05, 0) is 55.8 Å². The Bertz CT molecular complexity index is 929. The third-order valence-corrected chi connectivity index (χ3v) is 3.92. The van der Waals surface area contributed by atoms with Crippen LogP contribution < -0.4 is 0 Å². The molecule has 0 fully saturated rings. The van der Waals surface area contributed by atoms with E-state index in [2.05, 4.69) is 4.98 Å². The zero-order chi connectivity index (χ0) is 17.3. The Hall–Kier alpha value is -2.66. The van der Waals surface area contributed by atoms with Crippen LogP contribution in [0.3, 0.4) is 0 Å². The molecule has 3 aromatic rings. The molecule has 0 radical (unpaired) electrons. The Balaban J connectivity index is 1.77. The number of rotatable bonds is 4. The topological polar surface area (TPSA) is 67.5 Å². The van der Waals surface area contributed by atoms with Crippen molar-refractivity contribution < 1.29 is 9.53 Å². The van der Waals surface area contributed by atoms with Gasteiger partial charge >= 0.3 is 5.97 Å². The van der Waals surface area contributed by atoms with Crippen LogP contribution in [0.15, 0.2) is 42.6 Å². The number of hydrogen-bond donors (Lipinski definition) is 1. The molecule has 3 rings (SSSR count). The number of nitrogens with one attached hydrogen (secondary N) is 1. The molecule has 2 heterocycles. The standard InChI is InChI=1S/C18H16ClN3O2/c1-11-7-8-22-16(9-11)21-12(2)17(22)15(20)10-24-18(23)13-3-5-14(19)6-4-13/h3-9,20H,10H2,1-2H3. The first kappa shape index (κ1) is 16.2. The molecule has 0 bridgehead atoms. The van der Waals surface area contributed by atoms with Gasteiger partial charge in [-0.15, -0.1) is 0 Å². The highest BCUT2D eigenvalue weighted by Crippen LogP contribution is 2.15. The molecule has 1 aromatic carbocycles. The summed E-state index contributed by atoms with van der Waals surface area (Å²) >= 11 is 5.80. The van der Waals surface area contributed by atoms with Crippen LogP contribution in [0, 0.1) is 19.3 Å². The van der Waals surface area contributed by atoms with Crippen molar-refractivity contribution in [1.82, 2.24) is 9.38 Å². The minimum absolute atomic E-state index is 0.121. The van der Waals surface area contributed by atoms with E-state index >= 15 is 0 Å². The zero-order valence-electron chi connectivity index (χ0n) is 13.3. The lowest BCUT2D eigenvalue weighted by atomic mass is 10.2. The van der Waals surface area contributed by atoms with Crippen LogP contribution in [0.1, 0.15) is 27.3 Å². The lowest BCUT2D eigenvalue weighted by Crippen LogP contribution is -2.16. The summed E-state index contributed by atoms with van der Waals surface area (Å²) in [6.07, 6.45) is 1.87. The molecule has 0 aliphatic rings. The van der Waals surface area contributed by atoms with Crippen LogP contribution in [0.4, 0.5) is 0 Å². The molecule has 1 N–H and O–H groups in total. The molecule has 0 aliphatic heterocycles. The van der Waals surface area contributed by atoms with Gasteiger partial charge in [-0.25, -0.2) is 9.78 Å². The summed E-state index contributed by atoms with van der Waals surface area (Å²) in [4.78, 5) is 16.5. The largest absolute Gasteiger partial charge is 0.456 e. The van der Waals surface area contributed by atoms with Gasteiger partial charge < -0.3 is 4.74 Å². The van der Waals surface area contributed by atoms with Crippen molar-refractivity contribution in [2.75, 3.05) is 6.61 Å². The number of aryl methyl sites for hydroxylation is 2. The van der Waals surface area contributed by atoms with E-state index in [1.165, 1.54) is 0 Å². The lowest BCUT2D eigenvalue weighted by molar-refractivity contribution is 0.0563. The van der Waals surface area contributed by atoms with Gasteiger partial charge in [-0.1, -0.05) is 11.6 Å². The van der Waals surface area contributed by atoms with Gasteiger partial charge in [0.05, 0.1) is 22.7 Å². The number of pyridine rings is 1. The maximum absolute atomic E-state index is 12.0. The predicted molar refractivity (Wildman–Crippen MR) is 93.2 cm³/mol. The second-order valence-corrected chi connectivity index (χ2v) is 5.98. The Morgan fingerprint density at radius 3 is 2.67 bits per heavy atom. The molecular weight excluding hydrogens is 326 g/mol. The summed E-state index contributed by atoms with van der Waals surface area (Å²) in [5, 5.41) is 8.81. The molecular formula is C18H16ClN3O2. The summed E-state index contributed by atoms with van der Waals surface area (Å²) in [5.41, 5.74) is 3.85. The monoisotopic (exact) mass is 341 g/mol. The van der Waals surface area contributed by atoms with Crippen LogP contribution >= 0.6 is 11.6 Å². The van der Waals surface area contributed by atoms with Crippen LogP contribution in [-0.4, -0.2) is 27.7 Å². The Labute approximate surface area is 144 Å². The molecule has 0 saturated carbocycles. The number of benzene rings is 1. The van der Waals surface area contributed by atoms with E-state index < -0.39 is 5.97 Å². The van der Waals surface area contributed by atoms with E-state index in [0.29, 0.717) is 16.3 Å². The predicted octanol–water partition coefficient (Wildman–Crippen LogP) is 3.83. The summed E-state index contributed by atoms with van der Waals surface area (Å²) in [7, 11) is 0. The summed E-state index contributed by atoms with van der Waals surface area (Å²) in [6.45, 7) is 3.71. The molecule has 0 spiro atoms. The Morgan fingerprint density at radius 1 is 1.25 bits per heavy atom. The fourth-order valence-electron chi connectivity index (χ4n) is 2.50. The van der Waals surface area contributed by atoms with Crippen LogP contribution in [0.25, 0.3) is 5.65 Å². The van der Waals surface area contributed by atoms with Gasteiger partial charge in [0.15, 0.2) is 0 Å². The first-order valence-corrected chi connectivity index (χ1v) is 7.79. The molecule has 122 valence electrons. The van der Waals surface area contributed by atoms with Gasteiger partial charge in [0.25, 0.3) is 0 Å². The van der Waals surface area contributed by atoms with E-state index in [1.807, 2.05) is 36.6 Å². The highest BCUT2D eigenvalue weighted by Gasteiger charge is 2.16. The third kappa shape index (κ3) is 3.16. The molecule has 0 amide bonds. The van der Waals surface area contributed by atoms with Crippen LogP contribution in [0.5, 0.6) is 0 Å². The van der Waals surface area contributed by atoms with E-state index in [-0.39, 0.29) is 12.3 Å². The van der Waals surface area contributed by atoms with Gasteiger partial charge in [0.2, 0.25) is 0 Å². The van der Waals surface area contributed by atoms with Gasteiger partial charge in [-0.3, -0.25) is 9.81 Å². The molecule has 0 atom stereocenters. The molecule has 0 unspecified atom stereocenters. The molecule has 0 aliphatic carbocycles. The number of esters is 1. The molecule has 24 heavy (non-hydrogen) atoms. The van der Waals surface area contributed by atoms with Crippen molar-refractivity contribution in [1.29, 1.82) is 5.41 Å². The van der Waals surface area contributed by atoms with Crippen LogP contribution in [-0.2, 0) is 4.74 Å². The first-order chi connectivity index (χ1) is 11.5. The highest BCUT2D eigenvalue weighted by molar-refractivity contribution is 6.30. The van der Waals surface area contributed by atoms with Gasteiger partial charge in [0.1, 0.15) is 12.3 Å². The second-order valence-electron chi connectivity index (χ2n) is 5.54. The summed E-state index contributed by atoms with van der Waals surface area (Å²) in [6, 6.07) is 10.3. The third-order valence-electron chi connectivity index (χ3n) is 3.67. The Morgan fingerprint density at radius 2 is 1.96 bits per heavy atom. The van der Waals surface area contributed by atoms with Gasteiger partial charge in [0, 0.05) is 11.2 Å². The number of fused-ring (bicyclic) bond motifs is 1. The summed E-state index contributed by atoms with van der Waals surface area (Å²) in [5.74, 6) is -0.487. The average Bonchev–Trinajstić information content (AvgIpc) is 2.87. The smallest absolute Gasteiger partial charge is 0.338 e. The zero-order valence-corrected chi connectivity index (χ0v) is 14.1. The number of carbonyl (C=O) groups excluding carboxylic acids is 1. The minimum atomic E-state index is -0.487. The fourth-order valence-corrected chi connectivity index (χ4v) is 2.63. The number of aromatic nitrogens is 2. The first-order valence-electron chi connectivity index (χ1n) is 7.41. The number of hydrogen-bond acceptors (Lipinski definition) is 4.